The van der Waals surface area contributed by atoms with Crippen molar-refractivity contribution in [1.82, 2.24) is 25.0 Å². The van der Waals surface area contributed by atoms with Crippen LogP contribution in [-0.4, -0.2) is 43.6 Å². The standard InChI is InChI=1S/C13H21N5O2/c1-8(2)12-13(20)18(9(3)5-11(19)16-12)6-10-14-7-15-17(10)4/h7-9,12H,5-6H2,1-4H3,(H,16,19). The fourth-order valence-electron chi connectivity index (χ4n) is 2.37. The highest BCUT2D eigenvalue weighted by Gasteiger charge is 2.35. The molecular formula is C13H21N5O2. The summed E-state index contributed by atoms with van der Waals surface area (Å²) in [4.78, 5) is 30.3. The van der Waals surface area contributed by atoms with Gasteiger partial charge in [0.25, 0.3) is 0 Å². The van der Waals surface area contributed by atoms with Crippen molar-refractivity contribution in [2.45, 2.75) is 45.8 Å². The van der Waals surface area contributed by atoms with E-state index in [2.05, 4.69) is 15.4 Å². The van der Waals surface area contributed by atoms with Crippen LogP contribution < -0.4 is 5.32 Å². The molecule has 1 fully saturated rings. The quantitative estimate of drug-likeness (QED) is 0.849. The molecule has 1 saturated heterocycles. The number of rotatable bonds is 3. The number of carbonyl (C=O) groups is 2. The minimum Gasteiger partial charge on any atom is -0.344 e. The van der Waals surface area contributed by atoms with Gasteiger partial charge >= 0.3 is 0 Å². The summed E-state index contributed by atoms with van der Waals surface area (Å²) in [6.07, 6.45) is 1.78. The van der Waals surface area contributed by atoms with Crippen LogP contribution in [-0.2, 0) is 23.2 Å². The van der Waals surface area contributed by atoms with Gasteiger partial charge in [-0.25, -0.2) is 4.98 Å². The number of aryl methyl sites for hydroxylation is 1. The summed E-state index contributed by atoms with van der Waals surface area (Å²) in [5, 5.41) is 6.82. The highest BCUT2D eigenvalue weighted by Crippen LogP contribution is 2.17. The first-order valence-electron chi connectivity index (χ1n) is 6.83. The van der Waals surface area contributed by atoms with Gasteiger partial charge in [0.2, 0.25) is 11.8 Å². The van der Waals surface area contributed by atoms with E-state index in [1.165, 1.54) is 6.33 Å². The summed E-state index contributed by atoms with van der Waals surface area (Å²) in [6, 6.07) is -0.622. The monoisotopic (exact) mass is 279 g/mol. The molecular weight excluding hydrogens is 258 g/mol. The average Bonchev–Trinajstić information content (AvgIpc) is 2.72. The van der Waals surface area contributed by atoms with Gasteiger partial charge in [-0.05, 0) is 12.8 Å². The van der Waals surface area contributed by atoms with E-state index in [1.54, 1.807) is 16.6 Å². The normalized spacial score (nSPS) is 23.9. The van der Waals surface area contributed by atoms with Gasteiger partial charge in [0.05, 0.1) is 6.54 Å². The van der Waals surface area contributed by atoms with Crippen molar-refractivity contribution in [3.63, 3.8) is 0 Å². The van der Waals surface area contributed by atoms with Crippen molar-refractivity contribution in [1.29, 1.82) is 0 Å². The lowest BCUT2D eigenvalue weighted by atomic mass is 10.0. The molecule has 7 nitrogen and oxygen atoms in total. The zero-order valence-electron chi connectivity index (χ0n) is 12.3. The molecule has 0 radical (unpaired) electrons. The van der Waals surface area contributed by atoms with Crippen molar-refractivity contribution in [2.75, 3.05) is 0 Å². The molecule has 2 atom stereocenters. The summed E-state index contributed by atoms with van der Waals surface area (Å²) in [7, 11) is 1.79. The minimum absolute atomic E-state index is 0.0543. The Bertz CT molecular complexity index is 511. The Morgan fingerprint density at radius 2 is 2.15 bits per heavy atom. The first-order chi connectivity index (χ1) is 9.40. The number of aromatic nitrogens is 3. The lowest BCUT2D eigenvalue weighted by Gasteiger charge is -2.29. The van der Waals surface area contributed by atoms with Gasteiger partial charge in [0.15, 0.2) is 0 Å². The molecule has 1 aromatic rings. The number of nitrogens with zero attached hydrogens (tertiary/aromatic N) is 4. The Morgan fingerprint density at radius 3 is 2.70 bits per heavy atom. The maximum Gasteiger partial charge on any atom is 0.246 e. The molecule has 110 valence electrons. The van der Waals surface area contributed by atoms with E-state index < -0.39 is 6.04 Å². The van der Waals surface area contributed by atoms with Crippen LogP contribution >= 0.6 is 0 Å². The van der Waals surface area contributed by atoms with Crippen LogP contribution in [0.4, 0.5) is 0 Å². The van der Waals surface area contributed by atoms with Crippen LogP contribution in [0.2, 0.25) is 0 Å². The molecule has 1 N–H and O–H groups in total. The highest BCUT2D eigenvalue weighted by atomic mass is 16.2. The SMILES string of the molecule is CC(C)C1NC(=O)CC(C)N(Cc2ncnn2C)C1=O. The van der Waals surface area contributed by atoms with E-state index in [0.717, 1.165) is 0 Å². The van der Waals surface area contributed by atoms with Crippen LogP contribution in [0, 0.1) is 5.92 Å². The Labute approximate surface area is 118 Å². The van der Waals surface area contributed by atoms with Crippen molar-refractivity contribution >= 4 is 11.8 Å². The third-order valence-electron chi connectivity index (χ3n) is 3.66. The van der Waals surface area contributed by atoms with E-state index in [9.17, 15) is 9.59 Å². The third-order valence-corrected chi connectivity index (χ3v) is 3.66. The average molecular weight is 279 g/mol. The van der Waals surface area contributed by atoms with Crippen molar-refractivity contribution in [3.8, 4) is 0 Å². The van der Waals surface area contributed by atoms with Gasteiger partial charge in [-0.15, -0.1) is 0 Å². The Morgan fingerprint density at radius 1 is 1.45 bits per heavy atom. The second-order valence-corrected chi connectivity index (χ2v) is 5.61. The first kappa shape index (κ1) is 14.5. The Balaban J connectivity index is 2.26. The molecule has 7 heteroatoms. The summed E-state index contributed by atoms with van der Waals surface area (Å²) in [5.74, 6) is 0.632. The minimum atomic E-state index is -0.472. The maximum absolute atomic E-state index is 12.6. The van der Waals surface area contributed by atoms with Gasteiger partial charge in [-0.3, -0.25) is 14.3 Å². The lowest BCUT2D eigenvalue weighted by Crippen LogP contribution is -2.48. The molecule has 0 aliphatic carbocycles. The fraction of sp³-hybridized carbons (Fsp3) is 0.692. The number of hydrogen-bond donors (Lipinski definition) is 1. The summed E-state index contributed by atoms with van der Waals surface area (Å²) < 4.78 is 1.64. The number of nitrogens with one attached hydrogen (secondary N) is 1. The molecule has 0 aromatic carbocycles. The second-order valence-electron chi connectivity index (χ2n) is 5.61. The maximum atomic E-state index is 12.6. The molecule has 2 unspecified atom stereocenters. The Hall–Kier alpha value is -1.92. The van der Waals surface area contributed by atoms with Crippen molar-refractivity contribution in [2.24, 2.45) is 13.0 Å². The molecule has 2 rings (SSSR count). The molecule has 0 spiro atoms. The molecule has 2 heterocycles. The van der Waals surface area contributed by atoms with Gasteiger partial charge in [0, 0.05) is 19.5 Å². The highest BCUT2D eigenvalue weighted by molar-refractivity contribution is 5.90. The summed E-state index contributed by atoms with van der Waals surface area (Å²) >= 11 is 0. The van der Waals surface area contributed by atoms with E-state index in [-0.39, 0.29) is 23.8 Å². The van der Waals surface area contributed by atoms with Crippen LogP contribution in [0.5, 0.6) is 0 Å². The van der Waals surface area contributed by atoms with E-state index >= 15 is 0 Å². The second kappa shape index (κ2) is 5.60. The topological polar surface area (TPSA) is 80.1 Å². The largest absolute Gasteiger partial charge is 0.344 e. The molecule has 1 aromatic heterocycles. The van der Waals surface area contributed by atoms with Gasteiger partial charge < -0.3 is 10.2 Å². The van der Waals surface area contributed by atoms with Crippen LogP contribution in [0.15, 0.2) is 6.33 Å². The smallest absolute Gasteiger partial charge is 0.246 e. The molecule has 0 bridgehead atoms. The predicted octanol–water partition coefficient (Wildman–Crippen LogP) is 0.0767. The van der Waals surface area contributed by atoms with Crippen molar-refractivity contribution < 1.29 is 9.59 Å². The van der Waals surface area contributed by atoms with E-state index in [1.807, 2.05) is 20.8 Å². The number of carbonyl (C=O) groups excluding carboxylic acids is 2. The zero-order chi connectivity index (χ0) is 14.9. The lowest BCUT2D eigenvalue weighted by molar-refractivity contribution is -0.136. The summed E-state index contributed by atoms with van der Waals surface area (Å²) in [5.41, 5.74) is 0. The summed E-state index contributed by atoms with van der Waals surface area (Å²) in [6.45, 7) is 6.11. The number of hydrogen-bond acceptors (Lipinski definition) is 4. The fourth-order valence-corrected chi connectivity index (χ4v) is 2.37. The Kier molecular flexibility index (Phi) is 4.06. The van der Waals surface area contributed by atoms with Gasteiger partial charge in [0.1, 0.15) is 18.2 Å². The van der Waals surface area contributed by atoms with Gasteiger partial charge in [-0.1, -0.05) is 13.8 Å². The predicted molar refractivity (Wildman–Crippen MR) is 72.4 cm³/mol. The van der Waals surface area contributed by atoms with Gasteiger partial charge in [-0.2, -0.15) is 5.10 Å². The van der Waals surface area contributed by atoms with E-state index in [0.29, 0.717) is 18.8 Å². The first-order valence-corrected chi connectivity index (χ1v) is 6.83. The molecule has 2 amide bonds. The molecule has 1 aliphatic rings. The van der Waals surface area contributed by atoms with E-state index in [4.69, 9.17) is 0 Å². The molecule has 1 aliphatic heterocycles. The van der Waals surface area contributed by atoms with Crippen LogP contribution in [0.25, 0.3) is 0 Å². The van der Waals surface area contributed by atoms with Crippen molar-refractivity contribution in [3.05, 3.63) is 12.2 Å². The third kappa shape index (κ3) is 2.81. The zero-order valence-corrected chi connectivity index (χ0v) is 12.3. The number of amides is 2. The van der Waals surface area contributed by atoms with Crippen LogP contribution in [0.1, 0.15) is 33.0 Å². The van der Waals surface area contributed by atoms with Crippen LogP contribution in [0.3, 0.4) is 0 Å². The molecule has 0 saturated carbocycles. The molecule has 20 heavy (non-hydrogen) atoms.